The minimum Gasteiger partial charge on any atom is -0.620 e. The molecule has 19 nitrogen and oxygen atoms in total. The zero-order chi connectivity index (χ0) is 64.1. The maximum atomic E-state index is 15.9. The van der Waals surface area contributed by atoms with Crippen LogP contribution in [0.3, 0.4) is 0 Å². The van der Waals surface area contributed by atoms with Gasteiger partial charge in [0, 0.05) is 45.9 Å². The number of nitrogens with zero attached hydrogens (tertiary/aromatic N) is 18. The first-order valence-corrected chi connectivity index (χ1v) is 27.1. The summed E-state index contributed by atoms with van der Waals surface area (Å²) < 4.78 is 130. The SMILES string of the molecule is CN1C=CN(c2[c-]c([N+]3=C=[N+](C)C=C3)c([N+]3=C=[N+](C)C=C3)[c-]c2Oc2[c-]c([N+]3=C=[N+](C)C=C3)c(N3C=CN(C)[CH-]3)[c-]c2N2C=CN(c3[c-]c(-c4cccc(-c5[c-]cc(F)nc5F)n4)c(F)nc3F)[CH-]2)[CH-]1.Fc1c[c-]c(-c2cccc(-c3[c-]cc(F)nc3F)n2)c(F)n1.[Ir].[Ir].[Pt+2]. The minimum atomic E-state index is -1.22. The monoisotopic (exact) mass is 1820 g/mol. The van der Waals surface area contributed by atoms with E-state index in [9.17, 15) is 26.3 Å². The smallest absolute Gasteiger partial charge is 0.620 e. The molecule has 0 fully saturated rings. The summed E-state index contributed by atoms with van der Waals surface area (Å²) in [7, 11) is 9.35. The summed E-state index contributed by atoms with van der Waals surface area (Å²) in [5.41, 5.74) is 1.79. The Kier molecular flexibility index (Phi) is 20.2. The summed E-state index contributed by atoms with van der Waals surface area (Å²) in [6.07, 6.45) is 21.7. The van der Waals surface area contributed by atoms with Crippen LogP contribution in [0.25, 0.3) is 45.0 Å². The number of ether oxygens (including phenoxy) is 1. The molecule has 30 heteroatoms. The number of halogens is 8. The van der Waals surface area contributed by atoms with Crippen LogP contribution in [0.4, 0.5) is 74.9 Å². The van der Waals surface area contributed by atoms with E-state index >= 15 is 8.78 Å². The molecule has 6 aliphatic rings. The van der Waals surface area contributed by atoms with Crippen LogP contribution in [0.15, 0.2) is 129 Å². The van der Waals surface area contributed by atoms with Gasteiger partial charge in [0.1, 0.15) is 47.6 Å². The molecular weight excluding hydrogens is 1780 g/mol. The van der Waals surface area contributed by atoms with Crippen molar-refractivity contribution in [2.45, 2.75) is 0 Å². The minimum absolute atomic E-state index is 0. The van der Waals surface area contributed by atoms with Gasteiger partial charge in [-0.25, -0.2) is 41.2 Å². The Morgan fingerprint density at radius 3 is 1.19 bits per heavy atom. The molecule has 0 N–H and O–H groups in total. The van der Waals surface area contributed by atoms with Crippen LogP contribution in [-0.2, 0) is 61.3 Å². The summed E-state index contributed by atoms with van der Waals surface area (Å²) in [4.78, 5) is 31.6. The first kappa shape index (κ1) is 67.8. The van der Waals surface area contributed by atoms with E-state index in [2.05, 4.69) is 96.5 Å². The van der Waals surface area contributed by atoms with E-state index in [1.165, 1.54) is 54.2 Å². The molecule has 0 spiro atoms. The molecule has 6 aliphatic heterocycles. The van der Waals surface area contributed by atoms with Gasteiger partial charge in [-0.2, -0.15) is 43.5 Å². The van der Waals surface area contributed by atoms with Crippen molar-refractivity contribution in [2.75, 3.05) is 54.8 Å². The summed E-state index contributed by atoms with van der Waals surface area (Å²) in [6.45, 7) is 5.23. The van der Waals surface area contributed by atoms with Gasteiger partial charge in [0.25, 0.3) is 0 Å². The fraction of sp³-hybridized carbons (Fsp3) is 0.0769. The first-order chi connectivity index (χ1) is 44.4. The maximum absolute atomic E-state index is 15.9. The molecule has 6 aromatic heterocycles. The Bertz CT molecular complexity index is 4800. The molecule has 12 heterocycles. The van der Waals surface area contributed by atoms with Gasteiger partial charge in [-0.15, -0.1) is 43.7 Å². The van der Waals surface area contributed by atoms with Crippen LogP contribution < -0.4 is 24.3 Å². The van der Waals surface area contributed by atoms with Gasteiger partial charge in [-0.1, -0.05) is 102 Å². The van der Waals surface area contributed by atoms with E-state index in [0.717, 1.165) is 18.2 Å². The van der Waals surface area contributed by atoms with Crippen molar-refractivity contribution in [2.24, 2.45) is 0 Å². The van der Waals surface area contributed by atoms with Crippen molar-refractivity contribution in [3.63, 3.8) is 0 Å². The van der Waals surface area contributed by atoms with Crippen LogP contribution in [0.1, 0.15) is 0 Å². The number of rotatable bonds is 13. The average Bonchev–Trinajstić information content (AvgIpc) is 1.74. The Balaban J connectivity index is 0.000000334. The number of hydrogen-bond donors (Lipinski definition) is 0. The normalized spacial score (nSPS) is 14.7. The second-order valence-corrected chi connectivity index (χ2v) is 20.2. The zero-order valence-corrected chi connectivity index (χ0v) is 56.4. The number of hydrogen-bond acceptors (Lipinski definition) is 13. The fourth-order valence-electron chi connectivity index (χ4n) is 9.44. The van der Waals surface area contributed by atoms with E-state index in [0.29, 0.717) is 34.1 Å². The molecule has 14 rings (SSSR count). The molecule has 0 bridgehead atoms. The van der Waals surface area contributed by atoms with Crippen molar-refractivity contribution < 1.29 is 129 Å². The predicted octanol–water partition coefficient (Wildman–Crippen LogP) is 10.1. The van der Waals surface area contributed by atoms with Gasteiger partial charge in [-0.3, -0.25) is 26.0 Å². The van der Waals surface area contributed by atoms with Crippen LogP contribution >= 0.6 is 0 Å². The molecule has 2 radical (unpaired) electrons. The summed E-state index contributed by atoms with van der Waals surface area (Å²) in [5.74, 6) is -8.48. The molecule has 482 valence electrons. The number of benzene rings is 2. The van der Waals surface area contributed by atoms with Crippen LogP contribution in [-0.4, -0.2) is 120 Å². The average molecular weight is 1820 g/mol. The third kappa shape index (κ3) is 14.2. The number of aromatic nitrogens is 6. The van der Waals surface area contributed by atoms with Gasteiger partial charge in [-0.05, 0) is 79.8 Å². The van der Waals surface area contributed by atoms with Crippen molar-refractivity contribution in [1.29, 1.82) is 0 Å². The Morgan fingerprint density at radius 1 is 0.400 bits per heavy atom. The van der Waals surface area contributed by atoms with E-state index in [1.54, 1.807) is 38.6 Å². The van der Waals surface area contributed by atoms with Gasteiger partial charge in [0.15, 0.2) is 21.1 Å². The molecule has 0 aliphatic carbocycles. The van der Waals surface area contributed by atoms with Crippen LogP contribution in [0.5, 0.6) is 11.5 Å². The van der Waals surface area contributed by atoms with Crippen molar-refractivity contribution in [3.8, 4) is 56.5 Å². The molecular formula is C65H39F8Ir2N18OPt-3. The third-order valence-corrected chi connectivity index (χ3v) is 13.7. The van der Waals surface area contributed by atoms with E-state index in [1.807, 2.05) is 130 Å². The third-order valence-electron chi connectivity index (χ3n) is 13.7. The van der Waals surface area contributed by atoms with Crippen molar-refractivity contribution in [1.82, 2.24) is 39.7 Å². The first-order valence-electron chi connectivity index (χ1n) is 27.1. The van der Waals surface area contributed by atoms with Gasteiger partial charge in [0.05, 0.1) is 11.4 Å². The van der Waals surface area contributed by atoms with Gasteiger partial charge in [0.2, 0.25) is 37.2 Å². The van der Waals surface area contributed by atoms with Gasteiger partial charge < -0.3 is 44.1 Å². The maximum Gasteiger partial charge on any atom is 2.00 e. The quantitative estimate of drug-likeness (QED) is 0.0471. The molecule has 0 saturated carbocycles. The van der Waals surface area contributed by atoms with E-state index in [-0.39, 0.29) is 123 Å². The zero-order valence-electron chi connectivity index (χ0n) is 49.3. The second-order valence-electron chi connectivity index (χ2n) is 20.2. The van der Waals surface area contributed by atoms with Crippen LogP contribution in [0.2, 0.25) is 0 Å². The summed E-state index contributed by atoms with van der Waals surface area (Å²) >= 11 is 0. The molecule has 0 amide bonds. The molecule has 0 atom stereocenters. The fourth-order valence-corrected chi connectivity index (χ4v) is 9.44. The standard InChI is InChI=1S/C50H34F4N15O.C15H5F4N3.2Ir.Pt/c1-58-11-16-63(28-58)38-24-42(67-20-15-62(5)32-67)45(26-40(38)65-18-13-60(3)30-65)70-46-27-41(66-19-14-61(4)31-66)39(64-17-12-59(2)29-64)25-43(46)68-21-22-69(33-68)44-23-35(49(53)57-50(44)54)37-8-6-7-36(55-37)34-9-10-47(51)56-48(34)52;16-12-6-4-8(14(18)21-12)10-2-1-3-11(20-10)9-5-7-13(17)22-15(9)19;;;/h6-8,10-22,29,32-33H,1-5H3;1-3,6-7H;;;/q-3;-2;;;+2. The van der Waals surface area contributed by atoms with Crippen molar-refractivity contribution >= 4 is 57.8 Å². The Hall–Kier alpha value is -10.1. The second kappa shape index (κ2) is 28.3. The molecule has 95 heavy (non-hydrogen) atoms. The summed E-state index contributed by atoms with van der Waals surface area (Å²) in [6, 6.07) is 45.1. The van der Waals surface area contributed by atoms with E-state index < -0.39 is 47.6 Å². The number of anilines is 4. The van der Waals surface area contributed by atoms with Gasteiger partial charge >= 0.3 is 39.1 Å². The Labute approximate surface area is 578 Å². The molecule has 0 saturated heterocycles. The summed E-state index contributed by atoms with van der Waals surface area (Å²) in [5, 5.41) is 0. The largest absolute Gasteiger partial charge is 2.00 e. The van der Waals surface area contributed by atoms with Crippen LogP contribution in [0, 0.1) is 116 Å². The molecule has 8 aromatic rings. The van der Waals surface area contributed by atoms with Crippen molar-refractivity contribution in [3.05, 3.63) is 245 Å². The van der Waals surface area contributed by atoms with E-state index in [4.69, 9.17) is 4.74 Å². The molecule has 2 aromatic carbocycles. The molecule has 0 unspecified atom stereocenters. The predicted molar refractivity (Wildman–Crippen MR) is 311 cm³/mol. The Morgan fingerprint density at radius 2 is 0.768 bits per heavy atom. The topological polar surface area (TPSA) is 124 Å². The number of pyridine rings is 6.